The summed E-state index contributed by atoms with van der Waals surface area (Å²) in [7, 11) is 1.36. The summed E-state index contributed by atoms with van der Waals surface area (Å²) < 4.78 is 16.3. The Labute approximate surface area is 175 Å². The van der Waals surface area contributed by atoms with Gasteiger partial charge in [0.25, 0.3) is 0 Å². The van der Waals surface area contributed by atoms with Crippen LogP contribution in [0.15, 0.2) is 60.7 Å². The van der Waals surface area contributed by atoms with Gasteiger partial charge >= 0.3 is 12.1 Å². The number of rotatable bonds is 5. The minimum Gasteiger partial charge on any atom is -0.469 e. The second-order valence-electron chi connectivity index (χ2n) is 7.75. The van der Waals surface area contributed by atoms with Crippen molar-refractivity contribution < 1.29 is 23.8 Å². The average Bonchev–Trinajstić information content (AvgIpc) is 2.69. The van der Waals surface area contributed by atoms with E-state index in [0.29, 0.717) is 17.2 Å². The van der Waals surface area contributed by atoms with Gasteiger partial charge in [-0.1, -0.05) is 42.5 Å². The number of carbonyl (C=O) groups excluding carboxylic acids is 2. The zero-order chi connectivity index (χ0) is 21.7. The Morgan fingerprint density at radius 2 is 1.53 bits per heavy atom. The molecule has 3 aromatic carbocycles. The molecule has 0 fully saturated rings. The summed E-state index contributed by atoms with van der Waals surface area (Å²) in [5.74, 6) is 0.839. The number of carbonyl (C=O) groups is 2. The van der Waals surface area contributed by atoms with Gasteiger partial charge in [-0.2, -0.15) is 0 Å². The predicted octanol–water partition coefficient (Wildman–Crippen LogP) is 5.69. The zero-order valence-corrected chi connectivity index (χ0v) is 17.5. The van der Waals surface area contributed by atoms with Crippen LogP contribution in [0.3, 0.4) is 0 Å². The summed E-state index contributed by atoms with van der Waals surface area (Å²) in [6.45, 7) is 5.44. The molecule has 0 spiro atoms. The first-order valence-corrected chi connectivity index (χ1v) is 9.61. The molecule has 0 heterocycles. The van der Waals surface area contributed by atoms with Crippen LogP contribution >= 0.6 is 0 Å². The lowest BCUT2D eigenvalue weighted by Gasteiger charge is -2.20. The summed E-state index contributed by atoms with van der Waals surface area (Å²) in [5.41, 5.74) is 0.756. The monoisotopic (exact) mass is 407 g/mol. The van der Waals surface area contributed by atoms with Gasteiger partial charge in [-0.05, 0) is 39.0 Å². The Hall–Kier alpha value is -3.54. The fourth-order valence-electron chi connectivity index (χ4n) is 2.98. The second-order valence-corrected chi connectivity index (χ2v) is 7.75. The minimum absolute atomic E-state index is 0.114. The molecular formula is C24H25NO5. The van der Waals surface area contributed by atoms with E-state index in [-0.39, 0.29) is 12.4 Å². The molecule has 3 aromatic rings. The quantitative estimate of drug-likeness (QED) is 0.550. The molecule has 6 heteroatoms. The molecule has 0 unspecified atom stereocenters. The Kier molecular flexibility index (Phi) is 6.26. The van der Waals surface area contributed by atoms with Gasteiger partial charge in [0.2, 0.25) is 0 Å². The number of amides is 1. The predicted molar refractivity (Wildman–Crippen MR) is 116 cm³/mol. The van der Waals surface area contributed by atoms with E-state index in [0.717, 1.165) is 16.3 Å². The molecule has 0 aromatic heterocycles. The van der Waals surface area contributed by atoms with E-state index >= 15 is 0 Å². The lowest BCUT2D eigenvalue weighted by Crippen LogP contribution is -2.27. The van der Waals surface area contributed by atoms with Crippen molar-refractivity contribution in [1.29, 1.82) is 0 Å². The molecular weight excluding hydrogens is 382 g/mol. The largest absolute Gasteiger partial charge is 0.469 e. The van der Waals surface area contributed by atoms with E-state index in [2.05, 4.69) is 5.32 Å². The Balaban J connectivity index is 1.93. The van der Waals surface area contributed by atoms with Crippen LogP contribution in [0.2, 0.25) is 0 Å². The summed E-state index contributed by atoms with van der Waals surface area (Å²) in [6.07, 6.45) is -0.409. The van der Waals surface area contributed by atoms with Gasteiger partial charge in [-0.15, -0.1) is 0 Å². The maximum atomic E-state index is 12.2. The number of ether oxygens (including phenoxy) is 3. The highest BCUT2D eigenvalue weighted by Crippen LogP contribution is 2.35. The first-order valence-electron chi connectivity index (χ1n) is 9.61. The molecule has 0 radical (unpaired) electrons. The molecule has 0 atom stereocenters. The van der Waals surface area contributed by atoms with Gasteiger partial charge < -0.3 is 14.2 Å². The number of methoxy groups -OCH3 is 1. The van der Waals surface area contributed by atoms with E-state index in [9.17, 15) is 9.59 Å². The number of para-hydroxylation sites is 1. The smallest absolute Gasteiger partial charge is 0.412 e. The van der Waals surface area contributed by atoms with Crippen LogP contribution in [-0.2, 0) is 20.7 Å². The summed E-state index contributed by atoms with van der Waals surface area (Å²) in [5, 5.41) is 4.43. The van der Waals surface area contributed by atoms with Crippen LogP contribution in [0.1, 0.15) is 26.3 Å². The van der Waals surface area contributed by atoms with Crippen molar-refractivity contribution in [3.8, 4) is 11.5 Å². The molecule has 3 rings (SSSR count). The van der Waals surface area contributed by atoms with E-state index in [1.165, 1.54) is 7.11 Å². The molecule has 30 heavy (non-hydrogen) atoms. The molecule has 156 valence electrons. The van der Waals surface area contributed by atoms with Crippen LogP contribution in [-0.4, -0.2) is 24.8 Å². The van der Waals surface area contributed by atoms with E-state index < -0.39 is 11.7 Å². The molecule has 0 aliphatic rings. The first-order chi connectivity index (χ1) is 14.3. The molecule has 1 amide bonds. The fourth-order valence-corrected chi connectivity index (χ4v) is 2.98. The normalized spacial score (nSPS) is 11.1. The topological polar surface area (TPSA) is 73.9 Å². The highest BCUT2D eigenvalue weighted by atomic mass is 16.6. The van der Waals surface area contributed by atoms with Gasteiger partial charge in [-0.25, -0.2) is 4.79 Å². The average molecular weight is 407 g/mol. The third-order valence-corrected chi connectivity index (χ3v) is 4.27. The summed E-state index contributed by atoms with van der Waals surface area (Å²) in [4.78, 5) is 23.9. The number of anilines is 1. The van der Waals surface area contributed by atoms with Crippen LogP contribution in [0.25, 0.3) is 10.8 Å². The maximum absolute atomic E-state index is 12.2. The molecule has 0 saturated heterocycles. The molecule has 0 aliphatic carbocycles. The van der Waals surface area contributed by atoms with Crippen molar-refractivity contribution in [3.05, 3.63) is 66.2 Å². The maximum Gasteiger partial charge on any atom is 0.412 e. The number of fused-ring (bicyclic) bond motifs is 1. The molecule has 1 N–H and O–H groups in total. The number of hydrogen-bond donors (Lipinski definition) is 1. The highest BCUT2D eigenvalue weighted by molar-refractivity contribution is 6.02. The summed E-state index contributed by atoms with van der Waals surface area (Å²) >= 11 is 0. The van der Waals surface area contributed by atoms with Gasteiger partial charge in [0.15, 0.2) is 0 Å². The third-order valence-electron chi connectivity index (χ3n) is 4.27. The second kappa shape index (κ2) is 8.86. The van der Waals surface area contributed by atoms with E-state index in [4.69, 9.17) is 14.2 Å². The van der Waals surface area contributed by atoms with Gasteiger partial charge in [0, 0.05) is 16.3 Å². The number of hydrogen-bond acceptors (Lipinski definition) is 5. The van der Waals surface area contributed by atoms with Crippen molar-refractivity contribution in [2.75, 3.05) is 12.4 Å². The minimum atomic E-state index is -0.591. The fraction of sp³-hybridized carbons (Fsp3) is 0.250. The lowest BCUT2D eigenvalue weighted by atomic mass is 10.1. The van der Waals surface area contributed by atoms with Crippen molar-refractivity contribution >= 4 is 28.5 Å². The van der Waals surface area contributed by atoms with Crippen molar-refractivity contribution in [1.82, 2.24) is 0 Å². The Bertz CT molecular complexity index is 1070. The Morgan fingerprint density at radius 1 is 0.867 bits per heavy atom. The Morgan fingerprint density at radius 3 is 2.23 bits per heavy atom. The van der Waals surface area contributed by atoms with Crippen molar-refractivity contribution in [2.45, 2.75) is 32.8 Å². The van der Waals surface area contributed by atoms with Crippen LogP contribution in [0, 0.1) is 0 Å². The highest BCUT2D eigenvalue weighted by Gasteiger charge is 2.18. The van der Waals surface area contributed by atoms with Gasteiger partial charge in [0.05, 0.1) is 19.2 Å². The first kappa shape index (κ1) is 21.2. The van der Waals surface area contributed by atoms with E-state index in [1.54, 1.807) is 18.2 Å². The molecule has 0 aliphatic heterocycles. The standard InChI is InChI=1S/C24H25NO5/c1-24(2,3)30-23(27)25-19-13-14-21(18-11-7-6-10-17(18)19)29-20-12-8-5-9-16(20)15-22(26)28-4/h5-14H,15H2,1-4H3,(H,25,27). The van der Waals surface area contributed by atoms with Crippen LogP contribution < -0.4 is 10.1 Å². The van der Waals surface area contributed by atoms with Gasteiger partial charge in [-0.3, -0.25) is 10.1 Å². The number of esters is 1. The number of benzene rings is 3. The van der Waals surface area contributed by atoms with Gasteiger partial charge in [0.1, 0.15) is 17.1 Å². The van der Waals surface area contributed by atoms with Crippen molar-refractivity contribution in [2.24, 2.45) is 0 Å². The van der Waals surface area contributed by atoms with Crippen molar-refractivity contribution in [3.63, 3.8) is 0 Å². The molecule has 0 bridgehead atoms. The lowest BCUT2D eigenvalue weighted by molar-refractivity contribution is -0.139. The van der Waals surface area contributed by atoms with Crippen LogP contribution in [0.5, 0.6) is 11.5 Å². The SMILES string of the molecule is COC(=O)Cc1ccccc1Oc1ccc(NC(=O)OC(C)(C)C)c2ccccc12. The molecule has 0 saturated carbocycles. The number of nitrogens with one attached hydrogen (secondary N) is 1. The third kappa shape index (κ3) is 5.29. The van der Waals surface area contributed by atoms with E-state index in [1.807, 2.05) is 63.2 Å². The molecule has 6 nitrogen and oxygen atoms in total. The zero-order valence-electron chi connectivity index (χ0n) is 17.5. The van der Waals surface area contributed by atoms with Crippen LogP contribution in [0.4, 0.5) is 10.5 Å². The summed E-state index contributed by atoms with van der Waals surface area (Å²) in [6, 6.07) is 18.5.